The van der Waals surface area contributed by atoms with Crippen LogP contribution in [-0.4, -0.2) is 6.54 Å². The Morgan fingerprint density at radius 3 is 2.73 bits per heavy atom. The lowest BCUT2D eigenvalue weighted by molar-refractivity contribution is 0.494. The highest BCUT2D eigenvalue weighted by Crippen LogP contribution is 2.22. The molecule has 1 nitrogen and oxygen atoms in total. The van der Waals surface area contributed by atoms with Crippen molar-refractivity contribution in [2.24, 2.45) is 0 Å². The maximum Gasteiger partial charge on any atom is 0.0320 e. The minimum atomic E-state index is 0.507. The van der Waals surface area contributed by atoms with Crippen LogP contribution in [0.25, 0.3) is 0 Å². The highest BCUT2D eigenvalue weighted by Gasteiger charge is 2.09. The first-order valence-electron chi connectivity index (χ1n) is 5.76. The lowest BCUT2D eigenvalue weighted by Crippen LogP contribution is -2.20. The number of unbranched alkanes of at least 4 members (excludes halogenated alkanes) is 1. The molecule has 0 saturated heterocycles. The maximum absolute atomic E-state index is 3.54. The molecule has 1 unspecified atom stereocenters. The molecule has 0 heterocycles. The fourth-order valence-corrected chi connectivity index (χ4v) is 2.18. The van der Waals surface area contributed by atoms with Gasteiger partial charge in [0.25, 0.3) is 0 Å². The molecule has 1 aromatic carbocycles. The van der Waals surface area contributed by atoms with Crippen LogP contribution in [-0.2, 0) is 0 Å². The van der Waals surface area contributed by atoms with Crippen LogP contribution < -0.4 is 5.32 Å². The largest absolute Gasteiger partial charge is 0.310 e. The first-order valence-corrected chi connectivity index (χ1v) is 6.56. The van der Waals surface area contributed by atoms with Gasteiger partial charge in [0.1, 0.15) is 0 Å². The molecule has 1 atom stereocenters. The van der Waals surface area contributed by atoms with Crippen molar-refractivity contribution < 1.29 is 0 Å². The van der Waals surface area contributed by atoms with Crippen LogP contribution in [0, 0.1) is 0 Å². The van der Waals surface area contributed by atoms with Crippen molar-refractivity contribution in [3.63, 3.8) is 0 Å². The normalized spacial score (nSPS) is 12.7. The van der Waals surface area contributed by atoms with E-state index in [1.807, 2.05) is 0 Å². The lowest BCUT2D eigenvalue weighted by atomic mass is 10.0. The zero-order valence-electron chi connectivity index (χ0n) is 9.59. The van der Waals surface area contributed by atoms with Gasteiger partial charge in [0, 0.05) is 10.5 Å². The van der Waals surface area contributed by atoms with Crippen molar-refractivity contribution in [3.05, 3.63) is 34.3 Å². The summed E-state index contributed by atoms with van der Waals surface area (Å²) in [5, 5.41) is 3.54. The molecular weight excluding hydrogens is 250 g/mol. The minimum Gasteiger partial charge on any atom is -0.310 e. The SMILES string of the molecule is CCCCC(NCC)c1cccc(Br)c1. The summed E-state index contributed by atoms with van der Waals surface area (Å²) in [5.41, 5.74) is 1.39. The third-order valence-electron chi connectivity index (χ3n) is 2.55. The van der Waals surface area contributed by atoms with Crippen molar-refractivity contribution in [2.75, 3.05) is 6.54 Å². The molecule has 0 bridgehead atoms. The molecule has 0 aliphatic rings. The molecule has 15 heavy (non-hydrogen) atoms. The summed E-state index contributed by atoms with van der Waals surface area (Å²) < 4.78 is 1.17. The maximum atomic E-state index is 3.54. The van der Waals surface area contributed by atoms with Crippen molar-refractivity contribution in [3.8, 4) is 0 Å². The summed E-state index contributed by atoms with van der Waals surface area (Å²) in [7, 11) is 0. The second-order valence-electron chi connectivity index (χ2n) is 3.81. The zero-order valence-corrected chi connectivity index (χ0v) is 11.2. The molecule has 1 rings (SSSR count). The Morgan fingerprint density at radius 1 is 1.33 bits per heavy atom. The average Bonchev–Trinajstić information content (AvgIpc) is 2.24. The Bertz CT molecular complexity index is 286. The van der Waals surface area contributed by atoms with Crippen LogP contribution in [0.5, 0.6) is 0 Å². The summed E-state index contributed by atoms with van der Waals surface area (Å²) in [6, 6.07) is 9.10. The molecular formula is C13H20BrN. The van der Waals surface area contributed by atoms with Crippen LogP contribution in [0.3, 0.4) is 0 Å². The molecule has 0 spiro atoms. The minimum absolute atomic E-state index is 0.507. The molecule has 0 aliphatic heterocycles. The van der Waals surface area contributed by atoms with E-state index in [1.54, 1.807) is 0 Å². The van der Waals surface area contributed by atoms with Gasteiger partial charge in [-0.3, -0.25) is 0 Å². The zero-order chi connectivity index (χ0) is 11.1. The van der Waals surface area contributed by atoms with Gasteiger partial charge < -0.3 is 5.32 Å². The van der Waals surface area contributed by atoms with Gasteiger partial charge >= 0.3 is 0 Å². The first-order chi connectivity index (χ1) is 7.27. The van der Waals surface area contributed by atoms with E-state index < -0.39 is 0 Å². The van der Waals surface area contributed by atoms with E-state index in [4.69, 9.17) is 0 Å². The predicted octanol–water partition coefficient (Wildman–Crippen LogP) is 4.29. The molecule has 0 radical (unpaired) electrons. The number of hydrogen-bond donors (Lipinski definition) is 1. The van der Waals surface area contributed by atoms with Crippen LogP contribution >= 0.6 is 15.9 Å². The third-order valence-corrected chi connectivity index (χ3v) is 3.04. The fraction of sp³-hybridized carbons (Fsp3) is 0.538. The van der Waals surface area contributed by atoms with Gasteiger partial charge in [-0.2, -0.15) is 0 Å². The van der Waals surface area contributed by atoms with Gasteiger partial charge in [-0.15, -0.1) is 0 Å². The van der Waals surface area contributed by atoms with Crippen LogP contribution in [0.2, 0.25) is 0 Å². The predicted molar refractivity (Wildman–Crippen MR) is 70.1 cm³/mol. The van der Waals surface area contributed by atoms with E-state index in [2.05, 4.69) is 59.4 Å². The third kappa shape index (κ3) is 4.35. The van der Waals surface area contributed by atoms with Gasteiger partial charge in [0.15, 0.2) is 0 Å². The second kappa shape index (κ2) is 7.02. The number of halogens is 1. The van der Waals surface area contributed by atoms with Crippen LogP contribution in [0.15, 0.2) is 28.7 Å². The topological polar surface area (TPSA) is 12.0 Å². The number of benzene rings is 1. The van der Waals surface area contributed by atoms with Crippen molar-refractivity contribution in [1.29, 1.82) is 0 Å². The van der Waals surface area contributed by atoms with E-state index in [9.17, 15) is 0 Å². The second-order valence-corrected chi connectivity index (χ2v) is 4.72. The molecule has 1 N–H and O–H groups in total. The molecule has 0 aliphatic carbocycles. The van der Waals surface area contributed by atoms with Crippen LogP contribution in [0.1, 0.15) is 44.7 Å². The van der Waals surface area contributed by atoms with E-state index in [0.717, 1.165) is 6.54 Å². The van der Waals surface area contributed by atoms with Gasteiger partial charge in [-0.25, -0.2) is 0 Å². The van der Waals surface area contributed by atoms with Crippen molar-refractivity contribution >= 4 is 15.9 Å². The van der Waals surface area contributed by atoms with Crippen molar-refractivity contribution in [1.82, 2.24) is 5.32 Å². The highest BCUT2D eigenvalue weighted by atomic mass is 79.9. The number of nitrogens with one attached hydrogen (secondary N) is 1. The summed E-state index contributed by atoms with van der Waals surface area (Å²) in [5.74, 6) is 0. The Kier molecular flexibility index (Phi) is 5.96. The van der Waals surface area contributed by atoms with E-state index in [0.29, 0.717) is 6.04 Å². The van der Waals surface area contributed by atoms with E-state index in [-0.39, 0.29) is 0 Å². The smallest absolute Gasteiger partial charge is 0.0320 e. The summed E-state index contributed by atoms with van der Waals surface area (Å²) in [6.07, 6.45) is 3.76. The Hall–Kier alpha value is -0.340. The molecule has 2 heteroatoms. The Morgan fingerprint density at radius 2 is 2.13 bits per heavy atom. The molecule has 84 valence electrons. The summed E-state index contributed by atoms with van der Waals surface area (Å²) in [6.45, 7) is 5.43. The lowest BCUT2D eigenvalue weighted by Gasteiger charge is -2.18. The molecule has 0 fully saturated rings. The molecule has 0 aromatic heterocycles. The van der Waals surface area contributed by atoms with Crippen molar-refractivity contribution in [2.45, 2.75) is 39.2 Å². The summed E-state index contributed by atoms with van der Waals surface area (Å²) >= 11 is 3.52. The summed E-state index contributed by atoms with van der Waals surface area (Å²) in [4.78, 5) is 0. The molecule has 1 aromatic rings. The number of hydrogen-bond acceptors (Lipinski definition) is 1. The Labute approximate surface area is 101 Å². The van der Waals surface area contributed by atoms with Crippen LogP contribution in [0.4, 0.5) is 0 Å². The average molecular weight is 270 g/mol. The quantitative estimate of drug-likeness (QED) is 0.813. The first kappa shape index (κ1) is 12.7. The highest BCUT2D eigenvalue weighted by molar-refractivity contribution is 9.10. The van der Waals surface area contributed by atoms with Gasteiger partial charge in [-0.05, 0) is 30.7 Å². The molecule has 0 amide bonds. The molecule has 0 saturated carbocycles. The van der Waals surface area contributed by atoms with Gasteiger partial charge in [0.2, 0.25) is 0 Å². The van der Waals surface area contributed by atoms with E-state index in [1.165, 1.54) is 29.3 Å². The Balaban J connectivity index is 2.69. The van der Waals surface area contributed by atoms with E-state index >= 15 is 0 Å². The standard InChI is InChI=1S/C13H20BrN/c1-3-5-9-13(15-4-2)11-7-6-8-12(14)10-11/h6-8,10,13,15H,3-5,9H2,1-2H3. The van der Waals surface area contributed by atoms with Gasteiger partial charge in [-0.1, -0.05) is 54.8 Å². The fourth-order valence-electron chi connectivity index (χ4n) is 1.76. The monoisotopic (exact) mass is 269 g/mol. The van der Waals surface area contributed by atoms with Gasteiger partial charge in [0.05, 0.1) is 0 Å². The number of rotatable bonds is 6.